The minimum absolute atomic E-state index is 0.402. The first-order valence-corrected chi connectivity index (χ1v) is 5.98. The monoisotopic (exact) mass is 225 g/mol. The zero-order chi connectivity index (χ0) is 12.0. The molecule has 1 N–H and O–H groups in total. The van der Waals surface area contributed by atoms with Gasteiger partial charge in [0.25, 0.3) is 0 Å². The summed E-state index contributed by atoms with van der Waals surface area (Å²) in [5.41, 5.74) is 0. The molecule has 0 aliphatic carbocycles. The molecule has 4 heteroatoms. The summed E-state index contributed by atoms with van der Waals surface area (Å²) in [5, 5.41) is 7.80. The molecule has 2 unspecified atom stereocenters. The van der Waals surface area contributed by atoms with Crippen molar-refractivity contribution in [3.05, 3.63) is 12.3 Å². The third-order valence-electron chi connectivity index (χ3n) is 2.83. The van der Waals surface area contributed by atoms with Crippen LogP contribution in [-0.4, -0.2) is 29.5 Å². The summed E-state index contributed by atoms with van der Waals surface area (Å²) in [5.74, 6) is 1.10. The van der Waals surface area contributed by atoms with Crippen molar-refractivity contribution in [2.45, 2.75) is 45.7 Å². The Hall–Kier alpha value is -1.03. The lowest BCUT2D eigenvalue weighted by Gasteiger charge is -2.18. The highest BCUT2D eigenvalue weighted by molar-refractivity contribution is 5.35. The average Bonchev–Trinajstić information content (AvgIpc) is 2.73. The number of ether oxygens (including phenoxy) is 1. The summed E-state index contributed by atoms with van der Waals surface area (Å²) in [4.78, 5) is 0. The molecule has 0 amide bonds. The lowest BCUT2D eigenvalue weighted by Crippen LogP contribution is -2.20. The van der Waals surface area contributed by atoms with Crippen LogP contribution in [0, 0.1) is 0 Å². The lowest BCUT2D eigenvalue weighted by molar-refractivity contribution is 0.191. The van der Waals surface area contributed by atoms with E-state index in [0.29, 0.717) is 12.1 Å². The summed E-state index contributed by atoms with van der Waals surface area (Å²) in [6.45, 7) is 7.29. The van der Waals surface area contributed by atoms with Gasteiger partial charge < -0.3 is 10.1 Å². The molecule has 1 rings (SSSR count). The van der Waals surface area contributed by atoms with Crippen LogP contribution in [-0.2, 0) is 4.74 Å². The van der Waals surface area contributed by atoms with Gasteiger partial charge in [-0.15, -0.1) is 0 Å². The van der Waals surface area contributed by atoms with E-state index >= 15 is 0 Å². The topological polar surface area (TPSA) is 39.1 Å². The molecule has 0 bridgehead atoms. The zero-order valence-electron chi connectivity index (χ0n) is 10.7. The van der Waals surface area contributed by atoms with Crippen molar-refractivity contribution in [1.29, 1.82) is 0 Å². The Morgan fingerprint density at radius 3 is 2.88 bits per heavy atom. The second-order valence-corrected chi connectivity index (χ2v) is 4.25. The molecule has 0 spiro atoms. The fraction of sp³-hybridized carbons (Fsp3) is 0.750. The van der Waals surface area contributed by atoms with Crippen LogP contribution in [0.5, 0.6) is 0 Å². The molecule has 2 atom stereocenters. The minimum Gasteiger partial charge on any atom is -0.385 e. The molecule has 0 saturated carbocycles. The fourth-order valence-corrected chi connectivity index (χ4v) is 1.57. The Kier molecular flexibility index (Phi) is 5.32. The number of methoxy groups -OCH3 is 1. The Labute approximate surface area is 98.0 Å². The molecule has 1 heterocycles. The quantitative estimate of drug-likeness (QED) is 0.775. The molecule has 92 valence electrons. The van der Waals surface area contributed by atoms with Crippen molar-refractivity contribution in [1.82, 2.24) is 9.78 Å². The van der Waals surface area contributed by atoms with Crippen LogP contribution in [0.4, 0.5) is 5.82 Å². The molecule has 0 aliphatic rings. The van der Waals surface area contributed by atoms with Gasteiger partial charge >= 0.3 is 0 Å². The van der Waals surface area contributed by atoms with E-state index in [1.807, 2.05) is 16.9 Å². The molecule has 4 nitrogen and oxygen atoms in total. The first kappa shape index (κ1) is 13.0. The van der Waals surface area contributed by atoms with Gasteiger partial charge in [0.05, 0.1) is 12.2 Å². The van der Waals surface area contributed by atoms with Gasteiger partial charge in [0.1, 0.15) is 5.82 Å². The number of nitrogens with zero attached hydrogens (tertiary/aromatic N) is 2. The van der Waals surface area contributed by atoms with E-state index in [1.54, 1.807) is 7.11 Å². The van der Waals surface area contributed by atoms with Crippen molar-refractivity contribution < 1.29 is 4.74 Å². The van der Waals surface area contributed by atoms with Gasteiger partial charge in [0.15, 0.2) is 0 Å². The smallest absolute Gasteiger partial charge is 0.124 e. The zero-order valence-corrected chi connectivity index (χ0v) is 10.7. The second-order valence-electron chi connectivity index (χ2n) is 4.25. The molecular formula is C12H23N3O. The highest BCUT2D eigenvalue weighted by atomic mass is 16.5. The van der Waals surface area contributed by atoms with Crippen LogP contribution in [0.3, 0.4) is 0 Å². The number of hydrogen-bond acceptors (Lipinski definition) is 3. The Morgan fingerprint density at radius 2 is 2.25 bits per heavy atom. The van der Waals surface area contributed by atoms with Crippen molar-refractivity contribution in [3.63, 3.8) is 0 Å². The SMILES string of the molecule is CCC(C)n1nccc1NC(C)CCOC. The van der Waals surface area contributed by atoms with E-state index in [0.717, 1.165) is 25.3 Å². The predicted octanol–water partition coefficient (Wildman–Crippen LogP) is 2.69. The maximum Gasteiger partial charge on any atom is 0.124 e. The van der Waals surface area contributed by atoms with E-state index in [1.165, 1.54) is 0 Å². The van der Waals surface area contributed by atoms with Gasteiger partial charge in [-0.2, -0.15) is 5.10 Å². The average molecular weight is 225 g/mol. The number of rotatable bonds is 7. The van der Waals surface area contributed by atoms with Crippen molar-refractivity contribution >= 4 is 5.82 Å². The standard InChI is InChI=1S/C12H23N3O/c1-5-11(3)15-12(6-8-13-15)14-10(2)7-9-16-4/h6,8,10-11,14H,5,7,9H2,1-4H3. The summed E-state index contributed by atoms with van der Waals surface area (Å²) >= 11 is 0. The maximum absolute atomic E-state index is 5.07. The van der Waals surface area contributed by atoms with Gasteiger partial charge in [-0.05, 0) is 26.7 Å². The van der Waals surface area contributed by atoms with Crippen molar-refractivity contribution in [2.24, 2.45) is 0 Å². The fourth-order valence-electron chi connectivity index (χ4n) is 1.57. The third kappa shape index (κ3) is 3.52. The largest absolute Gasteiger partial charge is 0.385 e. The van der Waals surface area contributed by atoms with Crippen LogP contribution < -0.4 is 5.32 Å². The molecule has 0 saturated heterocycles. The van der Waals surface area contributed by atoms with E-state index < -0.39 is 0 Å². The summed E-state index contributed by atoms with van der Waals surface area (Å²) in [6.07, 6.45) is 3.93. The number of aromatic nitrogens is 2. The van der Waals surface area contributed by atoms with Crippen LogP contribution in [0.1, 0.15) is 39.7 Å². The maximum atomic E-state index is 5.07. The van der Waals surface area contributed by atoms with Crippen molar-refractivity contribution in [2.75, 3.05) is 19.0 Å². The van der Waals surface area contributed by atoms with Gasteiger partial charge in [0.2, 0.25) is 0 Å². The predicted molar refractivity (Wildman–Crippen MR) is 66.8 cm³/mol. The lowest BCUT2D eigenvalue weighted by atomic mass is 10.2. The minimum atomic E-state index is 0.402. The van der Waals surface area contributed by atoms with E-state index in [4.69, 9.17) is 4.74 Å². The Morgan fingerprint density at radius 1 is 1.50 bits per heavy atom. The molecule has 0 aliphatic heterocycles. The highest BCUT2D eigenvalue weighted by Gasteiger charge is 2.10. The number of nitrogens with one attached hydrogen (secondary N) is 1. The molecular weight excluding hydrogens is 202 g/mol. The number of hydrogen-bond donors (Lipinski definition) is 1. The van der Waals surface area contributed by atoms with Gasteiger partial charge in [-0.1, -0.05) is 6.92 Å². The molecule has 1 aromatic heterocycles. The summed E-state index contributed by atoms with van der Waals surface area (Å²) < 4.78 is 7.11. The Balaban J connectivity index is 2.56. The van der Waals surface area contributed by atoms with Crippen LogP contribution >= 0.6 is 0 Å². The van der Waals surface area contributed by atoms with E-state index in [9.17, 15) is 0 Å². The van der Waals surface area contributed by atoms with Crippen LogP contribution in [0.15, 0.2) is 12.3 Å². The third-order valence-corrected chi connectivity index (χ3v) is 2.83. The van der Waals surface area contributed by atoms with Gasteiger partial charge in [-0.3, -0.25) is 0 Å². The van der Waals surface area contributed by atoms with E-state index in [-0.39, 0.29) is 0 Å². The molecule has 0 aromatic carbocycles. The molecule has 1 aromatic rings. The number of anilines is 1. The Bertz CT molecular complexity index is 298. The summed E-state index contributed by atoms with van der Waals surface area (Å²) in [6, 6.07) is 2.86. The first-order chi connectivity index (χ1) is 7.69. The molecule has 0 radical (unpaired) electrons. The van der Waals surface area contributed by atoms with Crippen LogP contribution in [0.2, 0.25) is 0 Å². The summed E-state index contributed by atoms with van der Waals surface area (Å²) in [7, 11) is 1.73. The van der Waals surface area contributed by atoms with E-state index in [2.05, 4.69) is 31.2 Å². The second kappa shape index (κ2) is 6.53. The van der Waals surface area contributed by atoms with Gasteiger partial charge in [-0.25, -0.2) is 4.68 Å². The van der Waals surface area contributed by atoms with Gasteiger partial charge in [0, 0.05) is 25.8 Å². The first-order valence-electron chi connectivity index (χ1n) is 5.98. The normalized spacial score (nSPS) is 14.8. The van der Waals surface area contributed by atoms with Crippen LogP contribution in [0.25, 0.3) is 0 Å². The molecule has 16 heavy (non-hydrogen) atoms. The highest BCUT2D eigenvalue weighted by Crippen LogP contribution is 2.17. The van der Waals surface area contributed by atoms with Crippen molar-refractivity contribution in [3.8, 4) is 0 Å². The molecule has 0 fully saturated rings.